The SMILES string of the molecule is O=C([O-])CC(O)C(=O)OS(=O)(=O)O.[Na+]. The van der Waals surface area contributed by atoms with Gasteiger partial charge in [0.05, 0.1) is 0 Å². The summed E-state index contributed by atoms with van der Waals surface area (Å²) in [6.45, 7) is 0. The van der Waals surface area contributed by atoms with Gasteiger partial charge in [-0.3, -0.25) is 4.55 Å². The van der Waals surface area contributed by atoms with Gasteiger partial charge < -0.3 is 19.2 Å². The number of aliphatic hydroxyl groups excluding tert-OH is 1. The maximum absolute atomic E-state index is 10.4. The average molecular weight is 236 g/mol. The Bertz CT molecular complexity index is 307. The van der Waals surface area contributed by atoms with Crippen LogP contribution in [0.3, 0.4) is 0 Å². The Labute approximate surface area is 101 Å². The first-order valence-electron chi connectivity index (χ1n) is 2.81. The smallest absolute Gasteiger partial charge is 0.550 e. The third-order valence-electron chi connectivity index (χ3n) is 0.820. The number of carbonyl (C=O) groups is 2. The Kier molecular flexibility index (Phi) is 7.34. The predicted octanol–water partition coefficient (Wildman–Crippen LogP) is -6.16. The third kappa shape index (κ3) is 8.41. The second-order valence-electron chi connectivity index (χ2n) is 1.92. The second kappa shape index (κ2) is 6.32. The van der Waals surface area contributed by atoms with E-state index in [9.17, 15) is 23.1 Å². The summed E-state index contributed by atoms with van der Waals surface area (Å²) in [5.74, 6) is -3.55. The summed E-state index contributed by atoms with van der Waals surface area (Å²) in [6, 6.07) is 0. The van der Waals surface area contributed by atoms with Crippen molar-refractivity contribution in [2.24, 2.45) is 0 Å². The molecular formula is C4H5NaO8S. The van der Waals surface area contributed by atoms with Crippen molar-refractivity contribution < 1.29 is 66.5 Å². The van der Waals surface area contributed by atoms with E-state index in [4.69, 9.17) is 9.66 Å². The van der Waals surface area contributed by atoms with Crippen molar-refractivity contribution in [3.8, 4) is 0 Å². The van der Waals surface area contributed by atoms with Gasteiger partial charge in [-0.05, 0) is 0 Å². The van der Waals surface area contributed by atoms with E-state index in [1.807, 2.05) is 0 Å². The fourth-order valence-corrected chi connectivity index (χ4v) is 0.719. The van der Waals surface area contributed by atoms with Gasteiger partial charge in [-0.25, -0.2) is 4.79 Å². The van der Waals surface area contributed by atoms with E-state index in [1.54, 1.807) is 0 Å². The van der Waals surface area contributed by atoms with Crippen molar-refractivity contribution in [2.75, 3.05) is 0 Å². The van der Waals surface area contributed by atoms with Crippen molar-refractivity contribution in [3.63, 3.8) is 0 Å². The van der Waals surface area contributed by atoms with Crippen LogP contribution in [0.1, 0.15) is 6.42 Å². The number of aliphatic carboxylic acids is 1. The number of hydrogen-bond donors (Lipinski definition) is 2. The third-order valence-corrected chi connectivity index (χ3v) is 1.19. The fourth-order valence-electron chi connectivity index (χ4n) is 0.401. The molecule has 0 spiro atoms. The zero-order valence-electron chi connectivity index (χ0n) is 7.04. The van der Waals surface area contributed by atoms with Gasteiger partial charge in [0, 0.05) is 12.4 Å². The van der Waals surface area contributed by atoms with E-state index < -0.39 is 34.9 Å². The van der Waals surface area contributed by atoms with Crippen LogP contribution in [0, 0.1) is 0 Å². The molecule has 0 amide bonds. The predicted molar refractivity (Wildman–Crippen MR) is 33.3 cm³/mol. The molecule has 0 radical (unpaired) electrons. The molecular weight excluding hydrogens is 231 g/mol. The molecule has 0 aromatic heterocycles. The normalized spacial score (nSPS) is 12.4. The first kappa shape index (κ1) is 16.2. The van der Waals surface area contributed by atoms with Gasteiger partial charge in [-0.15, -0.1) is 0 Å². The van der Waals surface area contributed by atoms with E-state index in [1.165, 1.54) is 0 Å². The molecule has 0 heterocycles. The van der Waals surface area contributed by atoms with Crippen LogP contribution in [-0.4, -0.2) is 36.1 Å². The molecule has 14 heavy (non-hydrogen) atoms. The summed E-state index contributed by atoms with van der Waals surface area (Å²) in [5.41, 5.74) is 0. The Morgan fingerprint density at radius 2 is 1.86 bits per heavy atom. The van der Waals surface area contributed by atoms with Crippen molar-refractivity contribution >= 4 is 22.3 Å². The van der Waals surface area contributed by atoms with Crippen molar-refractivity contribution in [1.82, 2.24) is 0 Å². The monoisotopic (exact) mass is 236 g/mol. The Hall–Kier alpha value is -0.190. The first-order valence-corrected chi connectivity index (χ1v) is 4.17. The molecule has 0 fully saturated rings. The zero-order chi connectivity index (χ0) is 10.6. The molecule has 76 valence electrons. The summed E-state index contributed by atoms with van der Waals surface area (Å²) in [7, 11) is -5.03. The van der Waals surface area contributed by atoms with E-state index in [-0.39, 0.29) is 29.6 Å². The molecule has 0 aliphatic heterocycles. The zero-order valence-corrected chi connectivity index (χ0v) is 9.85. The summed E-state index contributed by atoms with van der Waals surface area (Å²) < 4.78 is 30.9. The van der Waals surface area contributed by atoms with Crippen LogP contribution in [0.25, 0.3) is 0 Å². The average Bonchev–Trinajstić information content (AvgIpc) is 1.81. The van der Waals surface area contributed by atoms with E-state index in [2.05, 4.69) is 4.18 Å². The largest absolute Gasteiger partial charge is 1.00 e. The summed E-state index contributed by atoms with van der Waals surface area (Å²) in [5, 5.41) is 18.4. The molecule has 1 unspecified atom stereocenters. The molecule has 10 heteroatoms. The Morgan fingerprint density at radius 1 is 1.43 bits per heavy atom. The summed E-state index contributed by atoms with van der Waals surface area (Å²) >= 11 is 0. The van der Waals surface area contributed by atoms with Gasteiger partial charge in [0.15, 0.2) is 6.10 Å². The van der Waals surface area contributed by atoms with Crippen molar-refractivity contribution in [3.05, 3.63) is 0 Å². The molecule has 0 rings (SSSR count). The minimum atomic E-state index is -5.03. The second-order valence-corrected chi connectivity index (χ2v) is 2.94. The van der Waals surface area contributed by atoms with Crippen LogP contribution in [0.5, 0.6) is 0 Å². The molecule has 8 nitrogen and oxygen atoms in total. The summed E-state index contributed by atoms with van der Waals surface area (Å²) in [6.07, 6.45) is -3.30. The van der Waals surface area contributed by atoms with Crippen LogP contribution in [-0.2, 0) is 24.2 Å². The number of carboxylic acid groups (broad SMARTS) is 1. The molecule has 0 saturated heterocycles. The van der Waals surface area contributed by atoms with Crippen LogP contribution in [0.4, 0.5) is 0 Å². The van der Waals surface area contributed by atoms with Crippen LogP contribution < -0.4 is 34.7 Å². The Morgan fingerprint density at radius 3 is 2.14 bits per heavy atom. The van der Waals surface area contributed by atoms with E-state index >= 15 is 0 Å². The topological polar surface area (TPSA) is 141 Å². The number of rotatable bonds is 4. The number of carboxylic acids is 1. The van der Waals surface area contributed by atoms with Crippen molar-refractivity contribution in [2.45, 2.75) is 12.5 Å². The van der Waals surface area contributed by atoms with Crippen LogP contribution in [0.2, 0.25) is 0 Å². The molecule has 0 bridgehead atoms. The van der Waals surface area contributed by atoms with Gasteiger partial charge in [-0.1, -0.05) is 0 Å². The van der Waals surface area contributed by atoms with Gasteiger partial charge in [0.25, 0.3) is 0 Å². The first-order chi connectivity index (χ1) is 5.72. The molecule has 0 aromatic rings. The Balaban J connectivity index is 0. The number of aliphatic hydroxyl groups is 1. The quantitative estimate of drug-likeness (QED) is 0.362. The fraction of sp³-hybridized carbons (Fsp3) is 0.500. The molecule has 1 atom stereocenters. The molecule has 0 aliphatic carbocycles. The van der Waals surface area contributed by atoms with Gasteiger partial charge in [-0.2, -0.15) is 8.42 Å². The molecule has 0 aromatic carbocycles. The standard InChI is InChI=1S/C4H6O8S.Na/c5-2(1-3(6)7)4(8)12-13(9,10)11;/h2,5H,1H2,(H,6,7)(H,9,10,11);/q;+1/p-1. The minimum Gasteiger partial charge on any atom is -0.550 e. The number of carbonyl (C=O) groups excluding carboxylic acids is 2. The van der Waals surface area contributed by atoms with Crippen molar-refractivity contribution in [1.29, 1.82) is 0 Å². The van der Waals surface area contributed by atoms with E-state index in [0.29, 0.717) is 0 Å². The minimum absolute atomic E-state index is 0. The van der Waals surface area contributed by atoms with Gasteiger partial charge in [0.1, 0.15) is 0 Å². The van der Waals surface area contributed by atoms with Crippen LogP contribution >= 0.6 is 0 Å². The van der Waals surface area contributed by atoms with E-state index in [0.717, 1.165) is 0 Å². The maximum atomic E-state index is 10.4. The van der Waals surface area contributed by atoms with Gasteiger partial charge >= 0.3 is 45.9 Å². The van der Waals surface area contributed by atoms with Crippen LogP contribution in [0.15, 0.2) is 0 Å². The van der Waals surface area contributed by atoms with Gasteiger partial charge in [0.2, 0.25) is 0 Å². The molecule has 2 N–H and O–H groups in total. The summed E-state index contributed by atoms with van der Waals surface area (Å²) in [4.78, 5) is 20.2. The molecule has 0 aliphatic rings. The number of hydrogen-bond acceptors (Lipinski definition) is 7. The maximum Gasteiger partial charge on any atom is 1.00 e. The molecule has 0 saturated carbocycles.